The summed E-state index contributed by atoms with van der Waals surface area (Å²) in [7, 11) is 2.05. The van der Waals surface area contributed by atoms with Crippen LogP contribution in [-0.4, -0.2) is 37.6 Å². The van der Waals surface area contributed by atoms with E-state index in [1.165, 1.54) is 45.3 Å². The van der Waals surface area contributed by atoms with Crippen molar-refractivity contribution in [3.05, 3.63) is 0 Å². The van der Waals surface area contributed by atoms with Crippen LogP contribution in [0.3, 0.4) is 0 Å². The van der Waals surface area contributed by atoms with Gasteiger partial charge in [0.25, 0.3) is 0 Å². The minimum atomic E-state index is 0.568. The van der Waals surface area contributed by atoms with Crippen molar-refractivity contribution >= 4 is 0 Å². The molecule has 1 atom stereocenters. The van der Waals surface area contributed by atoms with E-state index in [2.05, 4.69) is 31.0 Å². The summed E-state index contributed by atoms with van der Waals surface area (Å²) in [5.74, 6) is 0. The largest absolute Gasteiger partial charge is 0.317 e. The first kappa shape index (κ1) is 13.0. The lowest BCUT2D eigenvalue weighted by Gasteiger charge is -2.19. The third kappa shape index (κ3) is 4.98. The maximum absolute atomic E-state index is 3.29. The Kier molecular flexibility index (Phi) is 5.07. The van der Waals surface area contributed by atoms with Gasteiger partial charge in [0, 0.05) is 12.6 Å². The van der Waals surface area contributed by atoms with Crippen LogP contribution in [0, 0.1) is 5.41 Å². The minimum Gasteiger partial charge on any atom is -0.317 e. The van der Waals surface area contributed by atoms with E-state index in [-0.39, 0.29) is 0 Å². The summed E-state index contributed by atoms with van der Waals surface area (Å²) < 4.78 is 0. The second kappa shape index (κ2) is 5.86. The molecule has 1 heterocycles. The topological polar surface area (TPSA) is 15.3 Å². The molecule has 1 unspecified atom stereocenters. The molecule has 1 aliphatic rings. The summed E-state index contributed by atoms with van der Waals surface area (Å²) in [6.45, 7) is 11.0. The lowest BCUT2D eigenvalue weighted by Crippen LogP contribution is -2.25. The molecule has 15 heavy (non-hydrogen) atoms. The maximum atomic E-state index is 3.29. The van der Waals surface area contributed by atoms with Gasteiger partial charge in [0.15, 0.2) is 0 Å². The Morgan fingerprint density at radius 3 is 2.60 bits per heavy atom. The number of hydrogen-bond donors (Lipinski definition) is 1. The van der Waals surface area contributed by atoms with Crippen LogP contribution in [-0.2, 0) is 0 Å². The van der Waals surface area contributed by atoms with Crippen LogP contribution in [0.4, 0.5) is 0 Å². The summed E-state index contributed by atoms with van der Waals surface area (Å²) in [5, 5.41) is 3.29. The Balaban J connectivity index is 2.02. The molecule has 0 saturated carbocycles. The van der Waals surface area contributed by atoms with Crippen LogP contribution in [0.1, 0.15) is 46.5 Å². The van der Waals surface area contributed by atoms with Crippen molar-refractivity contribution in [2.75, 3.05) is 26.7 Å². The number of hydrogen-bond acceptors (Lipinski definition) is 2. The number of rotatable bonds is 6. The third-order valence-corrected chi connectivity index (χ3v) is 3.61. The molecule has 2 nitrogen and oxygen atoms in total. The number of nitrogens with one attached hydrogen (secondary N) is 1. The van der Waals surface area contributed by atoms with E-state index in [9.17, 15) is 0 Å². The highest BCUT2D eigenvalue weighted by atomic mass is 15.1. The average molecular weight is 212 g/mol. The van der Waals surface area contributed by atoms with Gasteiger partial charge in [-0.25, -0.2) is 0 Å². The molecule has 0 radical (unpaired) electrons. The summed E-state index contributed by atoms with van der Waals surface area (Å²) in [5.41, 5.74) is 0.568. The molecule has 0 aromatic heterocycles. The van der Waals surface area contributed by atoms with Crippen molar-refractivity contribution in [3.8, 4) is 0 Å². The molecule has 1 saturated heterocycles. The molecule has 1 aliphatic heterocycles. The number of unbranched alkanes of at least 4 members (excludes halogenated alkanes) is 1. The molecular weight excluding hydrogens is 184 g/mol. The maximum Gasteiger partial charge on any atom is 0.00357 e. The molecular formula is C13H28N2. The highest BCUT2D eigenvalue weighted by Gasteiger charge is 2.28. The molecule has 0 aromatic rings. The Morgan fingerprint density at radius 2 is 2.07 bits per heavy atom. The van der Waals surface area contributed by atoms with Gasteiger partial charge in [0.05, 0.1) is 0 Å². The summed E-state index contributed by atoms with van der Waals surface area (Å²) in [6, 6.07) is 0.681. The first-order valence-electron chi connectivity index (χ1n) is 6.43. The number of nitrogens with zero attached hydrogens (tertiary/aromatic N) is 1. The van der Waals surface area contributed by atoms with Crippen LogP contribution >= 0.6 is 0 Å². The molecule has 0 bridgehead atoms. The van der Waals surface area contributed by atoms with E-state index < -0.39 is 0 Å². The van der Waals surface area contributed by atoms with Crippen LogP contribution in [0.2, 0.25) is 0 Å². The zero-order chi connectivity index (χ0) is 11.3. The van der Waals surface area contributed by atoms with Crippen molar-refractivity contribution in [1.29, 1.82) is 0 Å². The Labute approximate surface area is 95.4 Å². The first-order valence-corrected chi connectivity index (χ1v) is 6.43. The average Bonchev–Trinajstić information content (AvgIpc) is 2.52. The molecule has 0 aromatic carbocycles. The van der Waals surface area contributed by atoms with E-state index in [4.69, 9.17) is 0 Å². The van der Waals surface area contributed by atoms with Gasteiger partial charge in [0.2, 0.25) is 0 Å². The predicted molar refractivity (Wildman–Crippen MR) is 67.2 cm³/mol. The monoisotopic (exact) mass is 212 g/mol. The molecule has 0 spiro atoms. The highest BCUT2D eigenvalue weighted by Crippen LogP contribution is 2.28. The molecule has 1 N–H and O–H groups in total. The van der Waals surface area contributed by atoms with Gasteiger partial charge in [-0.15, -0.1) is 0 Å². The minimum absolute atomic E-state index is 0.568. The van der Waals surface area contributed by atoms with E-state index in [0.29, 0.717) is 11.5 Å². The normalized spacial score (nSPS) is 23.2. The highest BCUT2D eigenvalue weighted by molar-refractivity contribution is 4.82. The van der Waals surface area contributed by atoms with E-state index in [1.54, 1.807) is 0 Å². The Morgan fingerprint density at radius 1 is 1.33 bits per heavy atom. The number of likely N-dealkylation sites (tertiary alicyclic amines) is 1. The van der Waals surface area contributed by atoms with Crippen LogP contribution < -0.4 is 5.32 Å². The lowest BCUT2D eigenvalue weighted by atomic mass is 9.93. The van der Waals surface area contributed by atoms with Crippen molar-refractivity contribution in [1.82, 2.24) is 10.2 Å². The van der Waals surface area contributed by atoms with Gasteiger partial charge in [0.1, 0.15) is 0 Å². The summed E-state index contributed by atoms with van der Waals surface area (Å²) in [4.78, 5) is 2.63. The smallest absolute Gasteiger partial charge is 0.00357 e. The quantitative estimate of drug-likeness (QED) is 0.681. The lowest BCUT2D eigenvalue weighted by molar-refractivity contribution is 0.283. The van der Waals surface area contributed by atoms with Gasteiger partial charge >= 0.3 is 0 Å². The molecule has 90 valence electrons. The fraction of sp³-hybridized carbons (Fsp3) is 1.00. The second-order valence-corrected chi connectivity index (χ2v) is 5.88. The third-order valence-electron chi connectivity index (χ3n) is 3.61. The molecule has 1 fully saturated rings. The van der Waals surface area contributed by atoms with Crippen molar-refractivity contribution in [3.63, 3.8) is 0 Å². The molecule has 1 rings (SSSR count). The fourth-order valence-corrected chi connectivity index (χ4v) is 2.35. The van der Waals surface area contributed by atoms with Gasteiger partial charge in [-0.3, -0.25) is 0 Å². The molecule has 0 aliphatic carbocycles. The van der Waals surface area contributed by atoms with E-state index >= 15 is 0 Å². The Hall–Kier alpha value is -0.0800. The summed E-state index contributed by atoms with van der Waals surface area (Å²) in [6.07, 6.45) is 5.41. The molecule has 2 heteroatoms. The van der Waals surface area contributed by atoms with E-state index in [0.717, 1.165) is 0 Å². The van der Waals surface area contributed by atoms with Gasteiger partial charge in [-0.2, -0.15) is 0 Å². The van der Waals surface area contributed by atoms with Gasteiger partial charge < -0.3 is 10.2 Å². The van der Waals surface area contributed by atoms with Crippen molar-refractivity contribution < 1.29 is 0 Å². The summed E-state index contributed by atoms with van der Waals surface area (Å²) >= 11 is 0. The standard InChI is InChI=1S/C13H28N2/c1-12(14-4)7-5-6-9-15-10-8-13(2,3)11-15/h12,14H,5-11H2,1-4H3. The van der Waals surface area contributed by atoms with Crippen LogP contribution in [0.15, 0.2) is 0 Å². The SMILES string of the molecule is CNC(C)CCCCN1CCC(C)(C)C1. The zero-order valence-electron chi connectivity index (χ0n) is 11.0. The van der Waals surface area contributed by atoms with Crippen molar-refractivity contribution in [2.45, 2.75) is 52.5 Å². The first-order chi connectivity index (χ1) is 7.03. The Bertz CT molecular complexity index is 177. The fourth-order valence-electron chi connectivity index (χ4n) is 2.35. The van der Waals surface area contributed by atoms with E-state index in [1.807, 2.05) is 7.05 Å². The van der Waals surface area contributed by atoms with Gasteiger partial charge in [-0.1, -0.05) is 20.3 Å². The van der Waals surface area contributed by atoms with Crippen LogP contribution in [0.25, 0.3) is 0 Å². The predicted octanol–water partition coefficient (Wildman–Crippen LogP) is 2.50. The second-order valence-electron chi connectivity index (χ2n) is 5.88. The van der Waals surface area contributed by atoms with Gasteiger partial charge in [-0.05, 0) is 51.7 Å². The molecule has 0 amide bonds. The van der Waals surface area contributed by atoms with Crippen LogP contribution in [0.5, 0.6) is 0 Å². The zero-order valence-corrected chi connectivity index (χ0v) is 11.0. The van der Waals surface area contributed by atoms with Crippen molar-refractivity contribution in [2.24, 2.45) is 5.41 Å².